The van der Waals surface area contributed by atoms with E-state index in [-0.39, 0.29) is 50.6 Å². The van der Waals surface area contributed by atoms with Gasteiger partial charge in [0.15, 0.2) is 11.6 Å². The maximum Gasteiger partial charge on any atom is 0.225 e. The van der Waals surface area contributed by atoms with Crippen LogP contribution in [-0.2, 0) is 18.0 Å². The van der Waals surface area contributed by atoms with Crippen molar-refractivity contribution < 1.29 is 13.5 Å². The maximum atomic E-state index is 16.2. The van der Waals surface area contributed by atoms with Crippen LogP contribution in [0.1, 0.15) is 77.0 Å². The number of hydrogen-bond acceptors (Lipinski definition) is 8. The molecule has 212 valence electrons. The number of pyridine rings is 1. The summed E-state index contributed by atoms with van der Waals surface area (Å²) in [6, 6.07) is 2.02. The molecular weight excluding hydrogens is 530 g/mol. The molecule has 0 bridgehead atoms. The number of unbranched alkanes of at least 4 members (excludes halogenated alkanes) is 1. The average Bonchev–Trinajstić information content (AvgIpc) is 3.69. The molecule has 10 heteroatoms. The molecule has 1 saturated heterocycles. The predicted molar refractivity (Wildman–Crippen MR) is 158 cm³/mol. The van der Waals surface area contributed by atoms with E-state index in [0.717, 1.165) is 42.6 Å². The van der Waals surface area contributed by atoms with Gasteiger partial charge in [0.2, 0.25) is 5.95 Å². The Kier molecular flexibility index (Phi) is 9.48. The molecule has 2 aliphatic heterocycles. The quantitative estimate of drug-likeness (QED) is 0.271. The van der Waals surface area contributed by atoms with Crippen LogP contribution < -0.4 is 10.6 Å². The standard InChI is InChI=1S/C23H18F2N6OS.C4H10.C3H8/c1-10-2-3-31(7-10)23-29-5-12-13-8-32-9-14(13)16(18(25)19(12)30-23)20-17-11(4-26)22(27)33-21(17)15(24)6-28-20;1-3-4-2;1-3-2/h5-6,10H,2-3,7-9,27H2,1H3;3-4H2,1-2H3;3H2,1-2H3. The van der Waals surface area contributed by atoms with Crippen molar-refractivity contribution in [3.8, 4) is 17.3 Å². The van der Waals surface area contributed by atoms with E-state index in [4.69, 9.17) is 10.5 Å². The molecule has 0 amide bonds. The Morgan fingerprint density at radius 3 is 2.45 bits per heavy atom. The van der Waals surface area contributed by atoms with Crippen molar-refractivity contribution in [3.05, 3.63) is 40.7 Å². The Bertz CT molecular complexity index is 1560. The molecule has 7 nitrogen and oxygen atoms in total. The third-order valence-electron chi connectivity index (χ3n) is 6.94. The van der Waals surface area contributed by atoms with Crippen LogP contribution in [0.3, 0.4) is 0 Å². The topological polar surface area (TPSA) is 101 Å². The number of nitrogens with zero attached hydrogens (tertiary/aromatic N) is 5. The molecule has 6 rings (SSSR count). The zero-order chi connectivity index (χ0) is 29.0. The van der Waals surface area contributed by atoms with Gasteiger partial charge in [0.1, 0.15) is 16.6 Å². The number of thiophene rings is 1. The van der Waals surface area contributed by atoms with Crippen LogP contribution in [0.15, 0.2) is 12.4 Å². The van der Waals surface area contributed by atoms with Gasteiger partial charge >= 0.3 is 0 Å². The van der Waals surface area contributed by atoms with Gasteiger partial charge in [0.05, 0.1) is 35.4 Å². The Labute approximate surface area is 238 Å². The van der Waals surface area contributed by atoms with Crippen LogP contribution in [-0.4, -0.2) is 28.0 Å². The second-order valence-electron chi connectivity index (χ2n) is 10.2. The second-order valence-corrected chi connectivity index (χ2v) is 11.3. The first-order chi connectivity index (χ1) is 19.3. The largest absolute Gasteiger partial charge is 0.389 e. The molecule has 3 aromatic heterocycles. The van der Waals surface area contributed by atoms with Crippen LogP contribution in [0.5, 0.6) is 0 Å². The summed E-state index contributed by atoms with van der Waals surface area (Å²) < 4.78 is 36.6. The number of nitriles is 1. The first kappa shape index (κ1) is 29.6. The fourth-order valence-electron chi connectivity index (χ4n) is 4.81. The number of nitrogens with two attached hydrogens (primary N) is 1. The molecule has 40 heavy (non-hydrogen) atoms. The maximum absolute atomic E-state index is 16.2. The summed E-state index contributed by atoms with van der Waals surface area (Å²) >= 11 is 0.955. The molecule has 4 aromatic rings. The van der Waals surface area contributed by atoms with Crippen molar-refractivity contribution in [2.24, 2.45) is 5.92 Å². The van der Waals surface area contributed by atoms with Crippen molar-refractivity contribution in [1.82, 2.24) is 15.0 Å². The molecule has 2 aliphatic rings. The number of fused-ring (bicyclic) bond motifs is 4. The molecule has 5 heterocycles. The third kappa shape index (κ3) is 5.45. The van der Waals surface area contributed by atoms with E-state index in [0.29, 0.717) is 22.8 Å². The average molecular weight is 567 g/mol. The normalized spacial score (nSPS) is 15.8. The lowest BCUT2D eigenvalue weighted by Crippen LogP contribution is -2.21. The van der Waals surface area contributed by atoms with Gasteiger partial charge in [-0.05, 0) is 23.5 Å². The minimum atomic E-state index is -0.603. The minimum Gasteiger partial charge on any atom is -0.389 e. The lowest BCUT2D eigenvalue weighted by Gasteiger charge is -2.18. The van der Waals surface area contributed by atoms with Crippen LogP contribution >= 0.6 is 11.3 Å². The van der Waals surface area contributed by atoms with Crippen LogP contribution in [0.4, 0.5) is 19.7 Å². The molecule has 0 aliphatic carbocycles. The number of benzene rings is 1. The van der Waals surface area contributed by atoms with Crippen molar-refractivity contribution in [3.63, 3.8) is 0 Å². The van der Waals surface area contributed by atoms with Crippen molar-refractivity contribution >= 4 is 43.3 Å². The minimum absolute atomic E-state index is 0.0959. The summed E-state index contributed by atoms with van der Waals surface area (Å²) in [5.74, 6) is -0.193. The fraction of sp³-hybridized carbons (Fsp3) is 0.467. The molecule has 1 unspecified atom stereocenters. The van der Waals surface area contributed by atoms with E-state index in [1.54, 1.807) is 6.20 Å². The highest BCUT2D eigenvalue weighted by Gasteiger charge is 2.30. The number of hydrogen-bond donors (Lipinski definition) is 1. The number of anilines is 2. The lowest BCUT2D eigenvalue weighted by atomic mass is 9.94. The van der Waals surface area contributed by atoms with Crippen molar-refractivity contribution in [1.29, 1.82) is 5.26 Å². The van der Waals surface area contributed by atoms with E-state index in [9.17, 15) is 9.65 Å². The van der Waals surface area contributed by atoms with E-state index in [1.807, 2.05) is 6.07 Å². The number of rotatable bonds is 3. The zero-order valence-electron chi connectivity index (χ0n) is 23.8. The first-order valence-corrected chi connectivity index (χ1v) is 14.7. The smallest absolute Gasteiger partial charge is 0.225 e. The molecule has 1 atom stereocenters. The van der Waals surface area contributed by atoms with Gasteiger partial charge in [-0.3, -0.25) is 4.98 Å². The molecule has 0 spiro atoms. The molecular formula is C30H36F2N6OS. The van der Waals surface area contributed by atoms with Crippen LogP contribution in [0, 0.1) is 28.9 Å². The van der Waals surface area contributed by atoms with Gasteiger partial charge in [-0.25, -0.2) is 18.7 Å². The lowest BCUT2D eigenvalue weighted by molar-refractivity contribution is 0.135. The summed E-state index contributed by atoms with van der Waals surface area (Å²) in [6.45, 7) is 12.9. The van der Waals surface area contributed by atoms with E-state index >= 15 is 4.39 Å². The summed E-state index contributed by atoms with van der Waals surface area (Å²) in [5, 5.41) is 10.6. The van der Waals surface area contributed by atoms with Crippen molar-refractivity contribution in [2.75, 3.05) is 23.7 Å². The van der Waals surface area contributed by atoms with E-state index in [1.165, 1.54) is 19.3 Å². The Balaban J connectivity index is 0.000000479. The monoisotopic (exact) mass is 566 g/mol. The van der Waals surface area contributed by atoms with E-state index < -0.39 is 11.6 Å². The Hall–Kier alpha value is -3.42. The van der Waals surface area contributed by atoms with E-state index in [2.05, 4.69) is 54.5 Å². The first-order valence-electron chi connectivity index (χ1n) is 13.9. The molecule has 2 N–H and O–H groups in total. The summed E-state index contributed by atoms with van der Waals surface area (Å²) in [5.41, 5.74) is 7.98. The molecule has 1 fully saturated rings. The summed E-state index contributed by atoms with van der Waals surface area (Å²) in [7, 11) is 0. The summed E-state index contributed by atoms with van der Waals surface area (Å²) in [4.78, 5) is 15.4. The highest BCUT2D eigenvalue weighted by molar-refractivity contribution is 7.23. The third-order valence-corrected chi connectivity index (χ3v) is 7.97. The van der Waals surface area contributed by atoms with Gasteiger partial charge < -0.3 is 15.4 Å². The highest BCUT2D eigenvalue weighted by atomic mass is 32.1. The van der Waals surface area contributed by atoms with Gasteiger partial charge in [-0.2, -0.15) is 5.26 Å². The summed E-state index contributed by atoms with van der Waals surface area (Å²) in [6.07, 6.45) is 7.61. The number of ether oxygens (including phenoxy) is 1. The fourth-order valence-corrected chi connectivity index (χ4v) is 5.73. The van der Waals surface area contributed by atoms with Gasteiger partial charge in [0.25, 0.3) is 0 Å². The Morgan fingerprint density at radius 1 is 1.12 bits per heavy atom. The van der Waals surface area contributed by atoms with Gasteiger partial charge in [-0.15, -0.1) is 11.3 Å². The van der Waals surface area contributed by atoms with Crippen LogP contribution in [0.2, 0.25) is 0 Å². The zero-order valence-corrected chi connectivity index (χ0v) is 24.6. The molecule has 0 radical (unpaired) electrons. The van der Waals surface area contributed by atoms with Crippen molar-refractivity contribution in [2.45, 2.75) is 73.5 Å². The van der Waals surface area contributed by atoms with Crippen LogP contribution in [0.25, 0.3) is 32.2 Å². The number of nitrogen functional groups attached to an aromatic ring is 1. The molecule has 1 aromatic carbocycles. The predicted octanol–water partition coefficient (Wildman–Crippen LogP) is 7.74. The number of halogens is 2. The molecule has 0 saturated carbocycles. The SMILES string of the molecule is CC1CCN(c2ncc3c4c(c(-c5ncc(F)c6sc(N)c(C#N)c56)c(F)c3n2)COC4)C1.CCC.CCCC. The highest BCUT2D eigenvalue weighted by Crippen LogP contribution is 2.45. The Morgan fingerprint density at radius 2 is 1.82 bits per heavy atom. The van der Waals surface area contributed by atoms with Gasteiger partial charge in [0, 0.05) is 35.6 Å². The second kappa shape index (κ2) is 12.8. The van der Waals surface area contributed by atoms with Gasteiger partial charge in [-0.1, -0.05) is 53.9 Å². The number of aromatic nitrogens is 3.